The molecule has 0 unspecified atom stereocenters. The van der Waals surface area contributed by atoms with Gasteiger partial charge in [-0.3, -0.25) is 0 Å². The Hall–Kier alpha value is -1.58. The van der Waals surface area contributed by atoms with E-state index in [-0.39, 0.29) is 11.4 Å². The first-order valence-electron chi connectivity index (χ1n) is 5.61. The lowest BCUT2D eigenvalue weighted by Crippen LogP contribution is -2.44. The Morgan fingerprint density at radius 1 is 1.41 bits per heavy atom. The fourth-order valence-electron chi connectivity index (χ4n) is 1.33. The average molecular weight is 237 g/mol. The molecule has 17 heavy (non-hydrogen) atoms. The van der Waals surface area contributed by atoms with Crippen molar-refractivity contribution in [2.24, 2.45) is 10.7 Å². The highest BCUT2D eigenvalue weighted by atomic mass is 19.1. The number of rotatable bonds is 2. The topological polar surface area (TPSA) is 50.4 Å². The summed E-state index contributed by atoms with van der Waals surface area (Å²) in [4.78, 5) is 4.17. The molecule has 0 aliphatic rings. The van der Waals surface area contributed by atoms with Crippen LogP contribution in [0.4, 0.5) is 4.39 Å². The van der Waals surface area contributed by atoms with Gasteiger partial charge in [0.1, 0.15) is 5.82 Å². The fourth-order valence-corrected chi connectivity index (χ4v) is 1.33. The number of guanidine groups is 1. The maximum atomic E-state index is 13.3. The highest BCUT2D eigenvalue weighted by Crippen LogP contribution is 2.10. The lowest BCUT2D eigenvalue weighted by molar-refractivity contribution is 0.508. The maximum absolute atomic E-state index is 13.3. The summed E-state index contributed by atoms with van der Waals surface area (Å²) >= 11 is 0. The molecule has 0 aliphatic carbocycles. The first-order valence-corrected chi connectivity index (χ1v) is 5.61. The molecule has 3 nitrogen and oxygen atoms in total. The SMILES string of the molecule is Cc1ccc(CN=C(N)NC(C)(C)C)cc1F. The van der Waals surface area contributed by atoms with Crippen molar-refractivity contribution in [1.82, 2.24) is 5.32 Å². The second kappa shape index (κ2) is 5.17. The molecule has 0 saturated heterocycles. The molecule has 0 atom stereocenters. The molecule has 0 radical (unpaired) electrons. The summed E-state index contributed by atoms with van der Waals surface area (Å²) < 4.78 is 13.3. The quantitative estimate of drug-likeness (QED) is 0.612. The lowest BCUT2D eigenvalue weighted by Gasteiger charge is -2.20. The first-order chi connectivity index (χ1) is 7.78. The van der Waals surface area contributed by atoms with Crippen LogP contribution >= 0.6 is 0 Å². The summed E-state index contributed by atoms with van der Waals surface area (Å²) in [5.74, 6) is 0.165. The third-order valence-electron chi connectivity index (χ3n) is 2.17. The second-order valence-corrected chi connectivity index (χ2v) is 5.16. The second-order valence-electron chi connectivity index (χ2n) is 5.16. The van der Waals surface area contributed by atoms with E-state index < -0.39 is 0 Å². The van der Waals surface area contributed by atoms with E-state index >= 15 is 0 Å². The number of halogens is 1. The zero-order valence-electron chi connectivity index (χ0n) is 10.8. The van der Waals surface area contributed by atoms with Crippen LogP contribution in [0, 0.1) is 12.7 Å². The molecule has 0 amide bonds. The standard InChI is InChI=1S/C13H20FN3/c1-9-5-6-10(7-11(9)14)8-16-12(15)17-13(2,3)4/h5-7H,8H2,1-4H3,(H3,15,16,17). The molecule has 1 rings (SSSR count). The number of benzene rings is 1. The van der Waals surface area contributed by atoms with E-state index in [1.807, 2.05) is 26.8 Å². The fraction of sp³-hybridized carbons (Fsp3) is 0.462. The Morgan fingerprint density at radius 2 is 2.06 bits per heavy atom. The van der Waals surface area contributed by atoms with Crippen molar-refractivity contribution in [3.8, 4) is 0 Å². The van der Waals surface area contributed by atoms with Gasteiger partial charge >= 0.3 is 0 Å². The van der Waals surface area contributed by atoms with Crippen molar-refractivity contribution < 1.29 is 4.39 Å². The van der Waals surface area contributed by atoms with Crippen molar-refractivity contribution in [3.63, 3.8) is 0 Å². The molecule has 0 heterocycles. The number of hydrogen-bond donors (Lipinski definition) is 2. The molecule has 0 aromatic heterocycles. The molecule has 1 aromatic rings. The zero-order valence-corrected chi connectivity index (χ0v) is 10.8. The average Bonchev–Trinajstić information content (AvgIpc) is 2.17. The van der Waals surface area contributed by atoms with Crippen LogP contribution in [0.5, 0.6) is 0 Å². The number of aliphatic imine (C=N–C) groups is 1. The van der Waals surface area contributed by atoms with Crippen LogP contribution in [0.1, 0.15) is 31.9 Å². The first kappa shape index (κ1) is 13.5. The zero-order chi connectivity index (χ0) is 13.1. The van der Waals surface area contributed by atoms with Gasteiger partial charge in [0.15, 0.2) is 5.96 Å². The summed E-state index contributed by atoms with van der Waals surface area (Å²) in [5.41, 5.74) is 7.05. The van der Waals surface area contributed by atoms with Crippen LogP contribution in [0.2, 0.25) is 0 Å². The predicted octanol–water partition coefficient (Wildman–Crippen LogP) is 2.34. The lowest BCUT2D eigenvalue weighted by atomic mass is 10.1. The normalized spacial score (nSPS) is 12.6. The Bertz CT molecular complexity index is 419. The van der Waals surface area contributed by atoms with Crippen molar-refractivity contribution in [2.75, 3.05) is 0 Å². The molecular weight excluding hydrogens is 217 g/mol. The van der Waals surface area contributed by atoms with Crippen LogP contribution < -0.4 is 11.1 Å². The Labute approximate surface area is 102 Å². The van der Waals surface area contributed by atoms with E-state index in [4.69, 9.17) is 5.73 Å². The molecule has 94 valence electrons. The number of aryl methyl sites for hydroxylation is 1. The Kier molecular flexibility index (Phi) is 4.10. The molecule has 1 aromatic carbocycles. The van der Waals surface area contributed by atoms with Gasteiger partial charge in [-0.15, -0.1) is 0 Å². The van der Waals surface area contributed by atoms with Gasteiger partial charge < -0.3 is 11.1 Å². The summed E-state index contributed by atoms with van der Waals surface area (Å²) in [6, 6.07) is 5.09. The third kappa shape index (κ3) is 4.85. The summed E-state index contributed by atoms with van der Waals surface area (Å²) in [5, 5.41) is 3.05. The smallest absolute Gasteiger partial charge is 0.189 e. The van der Waals surface area contributed by atoms with E-state index in [0.29, 0.717) is 18.1 Å². The van der Waals surface area contributed by atoms with E-state index in [9.17, 15) is 4.39 Å². The van der Waals surface area contributed by atoms with Crippen molar-refractivity contribution in [3.05, 3.63) is 35.1 Å². The minimum atomic E-state index is -0.208. The minimum Gasteiger partial charge on any atom is -0.370 e. The molecule has 0 aliphatic heterocycles. The van der Waals surface area contributed by atoms with Gasteiger partial charge in [-0.25, -0.2) is 9.38 Å². The van der Waals surface area contributed by atoms with E-state index in [0.717, 1.165) is 5.56 Å². The summed E-state index contributed by atoms with van der Waals surface area (Å²) in [6.07, 6.45) is 0. The molecule has 4 heteroatoms. The van der Waals surface area contributed by atoms with Crippen molar-refractivity contribution in [2.45, 2.75) is 39.8 Å². The largest absolute Gasteiger partial charge is 0.370 e. The van der Waals surface area contributed by atoms with Crippen LogP contribution in [-0.2, 0) is 6.54 Å². The Balaban J connectivity index is 2.66. The van der Waals surface area contributed by atoms with Gasteiger partial charge in [-0.2, -0.15) is 0 Å². The number of nitrogens with two attached hydrogens (primary N) is 1. The van der Waals surface area contributed by atoms with Crippen LogP contribution in [0.25, 0.3) is 0 Å². The molecule has 3 N–H and O–H groups in total. The minimum absolute atomic E-state index is 0.119. The van der Waals surface area contributed by atoms with Gasteiger partial charge in [0.05, 0.1) is 6.54 Å². The van der Waals surface area contributed by atoms with E-state index in [2.05, 4.69) is 10.3 Å². The van der Waals surface area contributed by atoms with E-state index in [1.165, 1.54) is 6.07 Å². The van der Waals surface area contributed by atoms with Crippen molar-refractivity contribution >= 4 is 5.96 Å². The van der Waals surface area contributed by atoms with Gasteiger partial charge in [0.25, 0.3) is 0 Å². The highest BCUT2D eigenvalue weighted by Gasteiger charge is 2.09. The third-order valence-corrected chi connectivity index (χ3v) is 2.17. The Morgan fingerprint density at radius 3 is 2.59 bits per heavy atom. The van der Waals surface area contributed by atoms with Gasteiger partial charge in [-0.1, -0.05) is 12.1 Å². The highest BCUT2D eigenvalue weighted by molar-refractivity contribution is 5.78. The molecule has 0 saturated carbocycles. The molecule has 0 spiro atoms. The molecule has 0 fully saturated rings. The van der Waals surface area contributed by atoms with Crippen molar-refractivity contribution in [1.29, 1.82) is 0 Å². The van der Waals surface area contributed by atoms with Crippen LogP contribution in [0.15, 0.2) is 23.2 Å². The maximum Gasteiger partial charge on any atom is 0.189 e. The summed E-state index contributed by atoms with van der Waals surface area (Å²) in [6.45, 7) is 8.12. The van der Waals surface area contributed by atoms with Gasteiger partial charge in [0.2, 0.25) is 0 Å². The van der Waals surface area contributed by atoms with E-state index in [1.54, 1.807) is 13.0 Å². The van der Waals surface area contributed by atoms with Crippen LogP contribution in [-0.4, -0.2) is 11.5 Å². The number of hydrogen-bond acceptors (Lipinski definition) is 1. The van der Waals surface area contributed by atoms with Gasteiger partial charge in [0, 0.05) is 5.54 Å². The summed E-state index contributed by atoms with van der Waals surface area (Å²) in [7, 11) is 0. The number of nitrogens with one attached hydrogen (secondary N) is 1. The number of nitrogens with zero attached hydrogens (tertiary/aromatic N) is 1. The van der Waals surface area contributed by atoms with Crippen LogP contribution in [0.3, 0.4) is 0 Å². The predicted molar refractivity (Wildman–Crippen MR) is 69.4 cm³/mol. The molecule has 0 bridgehead atoms. The molecular formula is C13H20FN3. The monoisotopic (exact) mass is 237 g/mol. The van der Waals surface area contributed by atoms with Gasteiger partial charge in [-0.05, 0) is 44.9 Å².